The second-order valence-corrected chi connectivity index (χ2v) is 6.93. The van der Waals surface area contributed by atoms with Gasteiger partial charge in [0.2, 0.25) is 0 Å². The molecular formula is C9H12BrOP. The molecule has 0 aliphatic heterocycles. The van der Waals surface area contributed by atoms with Gasteiger partial charge in [-0.1, -0.05) is 40.2 Å². The van der Waals surface area contributed by atoms with Gasteiger partial charge in [-0.2, -0.15) is 0 Å². The van der Waals surface area contributed by atoms with Crippen molar-refractivity contribution in [3.05, 3.63) is 29.8 Å². The van der Waals surface area contributed by atoms with Crippen LogP contribution in [0.15, 0.2) is 24.3 Å². The molecule has 0 unspecified atom stereocenters. The van der Waals surface area contributed by atoms with Gasteiger partial charge in [0.15, 0.2) is 0 Å². The van der Waals surface area contributed by atoms with Crippen LogP contribution in [0.25, 0.3) is 0 Å². The minimum Gasteiger partial charge on any atom is -0.319 e. The van der Waals surface area contributed by atoms with Gasteiger partial charge >= 0.3 is 0 Å². The SMILES string of the molecule is CP(C)(=O)c1ccc(CBr)cc1. The molecule has 0 saturated carbocycles. The summed E-state index contributed by atoms with van der Waals surface area (Å²) < 4.78 is 11.6. The maximum atomic E-state index is 11.6. The third-order valence-corrected chi connectivity index (χ3v) is 3.90. The van der Waals surface area contributed by atoms with Crippen molar-refractivity contribution in [2.24, 2.45) is 0 Å². The summed E-state index contributed by atoms with van der Waals surface area (Å²) in [5.74, 6) is 0. The summed E-state index contributed by atoms with van der Waals surface area (Å²) in [5.41, 5.74) is 1.22. The summed E-state index contributed by atoms with van der Waals surface area (Å²) in [7, 11) is -2.06. The van der Waals surface area contributed by atoms with Gasteiger partial charge in [-0.15, -0.1) is 0 Å². The summed E-state index contributed by atoms with van der Waals surface area (Å²) in [5, 5.41) is 1.80. The Morgan fingerprint density at radius 1 is 1.25 bits per heavy atom. The normalized spacial score (nSPS) is 11.6. The average molecular weight is 247 g/mol. The van der Waals surface area contributed by atoms with E-state index in [0.29, 0.717) is 0 Å². The van der Waals surface area contributed by atoms with Crippen LogP contribution < -0.4 is 5.30 Å². The molecule has 0 aromatic heterocycles. The molecule has 0 N–H and O–H groups in total. The predicted molar refractivity (Wildman–Crippen MR) is 58.2 cm³/mol. The molecular weight excluding hydrogens is 235 g/mol. The first-order valence-electron chi connectivity index (χ1n) is 3.74. The first-order valence-corrected chi connectivity index (χ1v) is 7.47. The molecule has 1 aromatic rings. The Morgan fingerprint density at radius 2 is 1.75 bits per heavy atom. The van der Waals surface area contributed by atoms with E-state index in [1.165, 1.54) is 5.56 Å². The lowest BCUT2D eigenvalue weighted by Crippen LogP contribution is -2.01. The quantitative estimate of drug-likeness (QED) is 0.580. The predicted octanol–water partition coefficient (Wildman–Crippen LogP) is 2.83. The first-order chi connectivity index (χ1) is 5.54. The van der Waals surface area contributed by atoms with E-state index in [1.54, 1.807) is 13.3 Å². The largest absolute Gasteiger partial charge is 0.319 e. The summed E-state index contributed by atoms with van der Waals surface area (Å²) in [6.07, 6.45) is 0. The van der Waals surface area contributed by atoms with E-state index < -0.39 is 7.14 Å². The van der Waals surface area contributed by atoms with E-state index in [1.807, 2.05) is 24.3 Å². The highest BCUT2D eigenvalue weighted by atomic mass is 79.9. The number of halogens is 1. The summed E-state index contributed by atoms with van der Waals surface area (Å²) >= 11 is 3.36. The van der Waals surface area contributed by atoms with Gasteiger partial charge in [-0.25, -0.2) is 0 Å². The number of hydrogen-bond donors (Lipinski definition) is 0. The molecule has 12 heavy (non-hydrogen) atoms. The van der Waals surface area contributed by atoms with Crippen molar-refractivity contribution in [2.75, 3.05) is 13.3 Å². The van der Waals surface area contributed by atoms with Gasteiger partial charge in [-0.05, 0) is 18.9 Å². The van der Waals surface area contributed by atoms with Gasteiger partial charge in [-0.3, -0.25) is 0 Å². The van der Waals surface area contributed by atoms with Crippen molar-refractivity contribution in [1.82, 2.24) is 0 Å². The Labute approximate surface area is 81.7 Å². The third kappa shape index (κ3) is 2.46. The van der Waals surface area contributed by atoms with E-state index in [9.17, 15) is 4.57 Å². The maximum Gasteiger partial charge on any atom is 0.109 e. The fourth-order valence-electron chi connectivity index (χ4n) is 0.944. The van der Waals surface area contributed by atoms with Crippen LogP contribution in [-0.4, -0.2) is 13.3 Å². The van der Waals surface area contributed by atoms with Crippen LogP contribution in [0, 0.1) is 0 Å². The minimum absolute atomic E-state index is 0.852. The Bertz CT molecular complexity index is 299. The van der Waals surface area contributed by atoms with Gasteiger partial charge in [0.1, 0.15) is 7.14 Å². The molecule has 1 rings (SSSR count). The molecule has 66 valence electrons. The zero-order chi connectivity index (χ0) is 9.19. The molecule has 0 fully saturated rings. The Hall–Kier alpha value is -0.0700. The highest BCUT2D eigenvalue weighted by molar-refractivity contribution is 9.08. The lowest BCUT2D eigenvalue weighted by molar-refractivity contribution is 0.588. The molecule has 0 saturated heterocycles. The average Bonchev–Trinajstić information content (AvgIpc) is 2.03. The number of benzene rings is 1. The maximum absolute atomic E-state index is 11.6. The molecule has 0 atom stereocenters. The van der Waals surface area contributed by atoms with Crippen LogP contribution in [0.4, 0.5) is 0 Å². The number of rotatable bonds is 2. The molecule has 0 bridgehead atoms. The molecule has 1 aromatic carbocycles. The summed E-state index contributed by atoms with van der Waals surface area (Å²) in [6.45, 7) is 3.58. The van der Waals surface area contributed by atoms with Crippen molar-refractivity contribution in [3.63, 3.8) is 0 Å². The van der Waals surface area contributed by atoms with E-state index >= 15 is 0 Å². The Kier molecular flexibility index (Phi) is 3.14. The van der Waals surface area contributed by atoms with E-state index in [0.717, 1.165) is 10.6 Å². The molecule has 0 amide bonds. The van der Waals surface area contributed by atoms with Crippen molar-refractivity contribution >= 4 is 28.4 Å². The minimum atomic E-state index is -2.06. The molecule has 0 aliphatic carbocycles. The number of hydrogen-bond acceptors (Lipinski definition) is 1. The fourth-order valence-corrected chi connectivity index (χ4v) is 2.18. The molecule has 0 heterocycles. The Balaban J connectivity index is 3.01. The molecule has 0 aliphatic rings. The van der Waals surface area contributed by atoms with Crippen molar-refractivity contribution in [3.8, 4) is 0 Å². The van der Waals surface area contributed by atoms with Gasteiger partial charge in [0.05, 0.1) is 0 Å². The zero-order valence-corrected chi connectivity index (χ0v) is 9.73. The van der Waals surface area contributed by atoms with Crippen molar-refractivity contribution in [1.29, 1.82) is 0 Å². The van der Waals surface area contributed by atoms with Gasteiger partial charge in [0, 0.05) is 10.6 Å². The van der Waals surface area contributed by atoms with Crippen LogP contribution in [-0.2, 0) is 9.90 Å². The van der Waals surface area contributed by atoms with Crippen LogP contribution in [0.3, 0.4) is 0 Å². The first kappa shape index (κ1) is 10.0. The molecule has 1 nitrogen and oxygen atoms in total. The van der Waals surface area contributed by atoms with Crippen LogP contribution >= 0.6 is 23.1 Å². The van der Waals surface area contributed by atoms with Gasteiger partial charge < -0.3 is 4.57 Å². The molecule has 0 radical (unpaired) electrons. The van der Waals surface area contributed by atoms with Crippen molar-refractivity contribution < 1.29 is 4.57 Å². The molecule has 0 spiro atoms. The van der Waals surface area contributed by atoms with Crippen LogP contribution in [0.1, 0.15) is 5.56 Å². The van der Waals surface area contributed by atoms with E-state index in [2.05, 4.69) is 15.9 Å². The topological polar surface area (TPSA) is 17.1 Å². The van der Waals surface area contributed by atoms with Crippen molar-refractivity contribution in [2.45, 2.75) is 5.33 Å². The van der Waals surface area contributed by atoms with Gasteiger partial charge in [0.25, 0.3) is 0 Å². The smallest absolute Gasteiger partial charge is 0.109 e. The standard InChI is InChI=1S/C9H12BrOP/c1-12(2,11)9-5-3-8(7-10)4-6-9/h3-6H,7H2,1-2H3. The lowest BCUT2D eigenvalue weighted by atomic mass is 10.2. The third-order valence-electron chi connectivity index (χ3n) is 1.71. The Morgan fingerprint density at radius 3 is 2.08 bits per heavy atom. The highest BCUT2D eigenvalue weighted by Gasteiger charge is 2.09. The molecule has 3 heteroatoms. The summed E-state index contributed by atoms with van der Waals surface area (Å²) in [6, 6.07) is 7.89. The van der Waals surface area contributed by atoms with E-state index in [-0.39, 0.29) is 0 Å². The lowest BCUT2D eigenvalue weighted by Gasteiger charge is -2.06. The zero-order valence-electron chi connectivity index (χ0n) is 7.25. The van der Waals surface area contributed by atoms with Crippen LogP contribution in [0.2, 0.25) is 0 Å². The highest BCUT2D eigenvalue weighted by Crippen LogP contribution is 2.34. The second kappa shape index (κ2) is 3.76. The second-order valence-electron chi connectivity index (χ2n) is 3.15. The van der Waals surface area contributed by atoms with E-state index in [4.69, 9.17) is 0 Å². The number of alkyl halides is 1. The van der Waals surface area contributed by atoms with Crippen LogP contribution in [0.5, 0.6) is 0 Å². The monoisotopic (exact) mass is 246 g/mol. The summed E-state index contributed by atoms with van der Waals surface area (Å²) in [4.78, 5) is 0. The fraction of sp³-hybridized carbons (Fsp3) is 0.333.